The molecule has 1 saturated carbocycles. The van der Waals surface area contributed by atoms with Crippen LogP contribution in [0.3, 0.4) is 0 Å². The summed E-state index contributed by atoms with van der Waals surface area (Å²) in [4.78, 5) is 22.4. The Balaban J connectivity index is 1.35. The molecule has 0 radical (unpaired) electrons. The molecular formula is C24H24Cl2N4O5S2. The summed E-state index contributed by atoms with van der Waals surface area (Å²) in [7, 11) is -3.98. The molecule has 3 heterocycles. The molecule has 3 N–H and O–H groups in total. The predicted octanol–water partition coefficient (Wildman–Crippen LogP) is 4.54. The highest BCUT2D eigenvalue weighted by Crippen LogP contribution is 2.49. The summed E-state index contributed by atoms with van der Waals surface area (Å²) in [6.07, 6.45) is 5.76. The Morgan fingerprint density at radius 3 is 2.81 bits per heavy atom. The number of halogens is 2. The van der Waals surface area contributed by atoms with Gasteiger partial charge in [0.15, 0.2) is 0 Å². The SMILES string of the molecule is NS(=O)(=O)OC[C@@H]1CCC(Nc2ncncc2C(=O)c2cc(C3(c4cccc(Cl)c4)CCO3)c(Cl)s2)C1. The Kier molecular flexibility index (Phi) is 7.56. The number of anilines is 1. The Morgan fingerprint density at radius 1 is 1.30 bits per heavy atom. The zero-order chi connectivity index (χ0) is 26.2. The van der Waals surface area contributed by atoms with Crippen molar-refractivity contribution >= 4 is 56.4 Å². The van der Waals surface area contributed by atoms with Crippen LogP contribution in [0.25, 0.3) is 0 Å². The van der Waals surface area contributed by atoms with Crippen LogP contribution in [0.4, 0.5) is 5.82 Å². The van der Waals surface area contributed by atoms with Crippen molar-refractivity contribution in [1.82, 2.24) is 9.97 Å². The van der Waals surface area contributed by atoms with Crippen LogP contribution in [0.5, 0.6) is 0 Å². The molecule has 2 unspecified atom stereocenters. The molecule has 37 heavy (non-hydrogen) atoms. The van der Waals surface area contributed by atoms with Gasteiger partial charge in [-0.1, -0.05) is 35.3 Å². The molecule has 1 aromatic carbocycles. The number of benzene rings is 1. The fourth-order valence-electron chi connectivity index (χ4n) is 4.88. The Bertz CT molecular complexity index is 1430. The fraction of sp³-hybridized carbons (Fsp3) is 0.375. The van der Waals surface area contributed by atoms with Crippen LogP contribution >= 0.6 is 34.5 Å². The van der Waals surface area contributed by atoms with E-state index in [9.17, 15) is 13.2 Å². The molecule has 1 saturated heterocycles. The number of aromatic nitrogens is 2. The molecular weight excluding hydrogens is 559 g/mol. The van der Waals surface area contributed by atoms with Crippen LogP contribution in [-0.4, -0.2) is 43.4 Å². The van der Waals surface area contributed by atoms with Crippen LogP contribution in [0.15, 0.2) is 42.9 Å². The van der Waals surface area contributed by atoms with Crippen LogP contribution in [0.1, 0.15) is 52.0 Å². The van der Waals surface area contributed by atoms with Gasteiger partial charge in [-0.2, -0.15) is 8.42 Å². The number of nitrogens with two attached hydrogens (primary N) is 1. The second kappa shape index (κ2) is 10.6. The molecule has 196 valence electrons. The van der Waals surface area contributed by atoms with E-state index in [1.54, 1.807) is 12.1 Å². The average Bonchev–Trinajstić information content (AvgIpc) is 3.43. The summed E-state index contributed by atoms with van der Waals surface area (Å²) in [6.45, 7) is 0.604. The van der Waals surface area contributed by atoms with Gasteiger partial charge in [0.2, 0.25) is 5.78 Å². The number of thiophene rings is 1. The van der Waals surface area contributed by atoms with Crippen molar-refractivity contribution in [2.45, 2.75) is 37.3 Å². The van der Waals surface area contributed by atoms with Crippen molar-refractivity contribution in [3.8, 4) is 0 Å². The maximum Gasteiger partial charge on any atom is 0.333 e. The highest BCUT2D eigenvalue weighted by molar-refractivity contribution is 7.84. The molecule has 3 aromatic rings. The molecule has 2 aromatic heterocycles. The minimum absolute atomic E-state index is 0.00696. The number of ketones is 1. The summed E-state index contributed by atoms with van der Waals surface area (Å²) in [5.74, 6) is 0.183. The van der Waals surface area contributed by atoms with E-state index in [1.807, 2.05) is 18.2 Å². The monoisotopic (exact) mass is 582 g/mol. The first-order chi connectivity index (χ1) is 17.6. The van der Waals surface area contributed by atoms with Gasteiger partial charge in [-0.15, -0.1) is 11.3 Å². The lowest BCUT2D eigenvalue weighted by Gasteiger charge is -2.42. The highest BCUT2D eigenvalue weighted by Gasteiger charge is 2.45. The summed E-state index contributed by atoms with van der Waals surface area (Å²) in [5.41, 5.74) is 1.19. The van der Waals surface area contributed by atoms with E-state index < -0.39 is 15.9 Å². The molecule has 2 fully saturated rings. The minimum atomic E-state index is -3.98. The number of nitrogens with zero attached hydrogens (tertiary/aromatic N) is 2. The zero-order valence-electron chi connectivity index (χ0n) is 19.5. The summed E-state index contributed by atoms with van der Waals surface area (Å²) in [5, 5.41) is 8.84. The molecule has 2 aliphatic rings. The number of carbonyl (C=O) groups excluding carboxylic acids is 1. The molecule has 1 aliphatic heterocycles. The molecule has 0 spiro atoms. The van der Waals surface area contributed by atoms with Crippen molar-refractivity contribution in [3.63, 3.8) is 0 Å². The first-order valence-electron chi connectivity index (χ1n) is 11.6. The third-order valence-electron chi connectivity index (χ3n) is 6.75. The third-order valence-corrected chi connectivity index (χ3v) is 8.80. The van der Waals surface area contributed by atoms with E-state index in [-0.39, 0.29) is 24.3 Å². The van der Waals surface area contributed by atoms with Crippen LogP contribution < -0.4 is 10.5 Å². The largest absolute Gasteiger partial charge is 0.367 e. The van der Waals surface area contributed by atoms with Gasteiger partial charge in [-0.25, -0.2) is 15.1 Å². The highest BCUT2D eigenvalue weighted by atomic mass is 35.5. The number of nitrogens with one attached hydrogen (secondary N) is 1. The molecule has 3 atom stereocenters. The number of hydrogen-bond acceptors (Lipinski definition) is 9. The van der Waals surface area contributed by atoms with Crippen LogP contribution in [-0.2, 0) is 24.8 Å². The second-order valence-corrected chi connectivity index (χ2v) is 12.5. The van der Waals surface area contributed by atoms with Gasteiger partial charge in [-0.05, 0) is 48.9 Å². The van der Waals surface area contributed by atoms with Crippen molar-refractivity contribution in [2.75, 3.05) is 18.5 Å². The van der Waals surface area contributed by atoms with Crippen molar-refractivity contribution in [3.05, 3.63) is 73.8 Å². The fourth-order valence-corrected chi connectivity index (χ4v) is 6.82. The Hall–Kier alpha value is -2.12. The number of hydrogen-bond donors (Lipinski definition) is 2. The predicted molar refractivity (Wildman–Crippen MR) is 141 cm³/mol. The smallest absolute Gasteiger partial charge is 0.333 e. The van der Waals surface area contributed by atoms with E-state index in [0.717, 1.165) is 30.4 Å². The van der Waals surface area contributed by atoms with Gasteiger partial charge in [0.25, 0.3) is 0 Å². The summed E-state index contributed by atoms with van der Waals surface area (Å²) >= 11 is 14.1. The number of rotatable bonds is 9. The number of ether oxygens (including phenoxy) is 1. The van der Waals surface area contributed by atoms with E-state index in [1.165, 1.54) is 23.9 Å². The lowest BCUT2D eigenvalue weighted by atomic mass is 9.81. The summed E-state index contributed by atoms with van der Waals surface area (Å²) in [6, 6.07) is 9.23. The third kappa shape index (κ3) is 5.68. The van der Waals surface area contributed by atoms with Crippen LogP contribution in [0, 0.1) is 5.92 Å². The topological polar surface area (TPSA) is 134 Å². The van der Waals surface area contributed by atoms with Gasteiger partial charge >= 0.3 is 10.3 Å². The van der Waals surface area contributed by atoms with Gasteiger partial charge < -0.3 is 10.1 Å². The van der Waals surface area contributed by atoms with Crippen molar-refractivity contribution < 1.29 is 22.1 Å². The first-order valence-corrected chi connectivity index (χ1v) is 14.7. The molecule has 5 rings (SSSR count). The van der Waals surface area contributed by atoms with Crippen LogP contribution in [0.2, 0.25) is 9.36 Å². The zero-order valence-corrected chi connectivity index (χ0v) is 22.7. The Morgan fingerprint density at radius 2 is 2.11 bits per heavy atom. The Labute approximate surface area is 228 Å². The van der Waals surface area contributed by atoms with E-state index in [0.29, 0.717) is 38.6 Å². The van der Waals surface area contributed by atoms with Gasteiger partial charge in [0, 0.05) is 29.2 Å². The maximum absolute atomic E-state index is 13.6. The molecule has 0 bridgehead atoms. The van der Waals surface area contributed by atoms with E-state index in [2.05, 4.69) is 15.3 Å². The number of carbonyl (C=O) groups is 1. The summed E-state index contributed by atoms with van der Waals surface area (Å²) < 4.78 is 33.4. The normalized spacial score (nSPS) is 23.5. The second-order valence-electron chi connectivity index (χ2n) is 9.15. The lowest BCUT2D eigenvalue weighted by Crippen LogP contribution is -2.41. The van der Waals surface area contributed by atoms with Gasteiger partial charge in [-0.3, -0.25) is 8.98 Å². The lowest BCUT2D eigenvalue weighted by molar-refractivity contribution is -0.123. The quantitative estimate of drug-likeness (QED) is 0.351. The van der Waals surface area contributed by atoms with E-state index in [4.69, 9.17) is 37.3 Å². The average molecular weight is 584 g/mol. The van der Waals surface area contributed by atoms with Gasteiger partial charge in [0.05, 0.1) is 23.7 Å². The maximum atomic E-state index is 13.6. The van der Waals surface area contributed by atoms with Gasteiger partial charge in [0.1, 0.15) is 22.1 Å². The molecule has 1 aliphatic carbocycles. The van der Waals surface area contributed by atoms with E-state index >= 15 is 0 Å². The first kappa shape index (κ1) is 26.5. The molecule has 13 heteroatoms. The standard InChI is InChI=1S/C24H24Cl2N4O5S2/c25-16-3-1-2-15(9-16)24(6-7-34-24)19-10-20(36-22(19)26)21(31)18-11-28-13-29-23(18)30-17-5-4-14(8-17)12-35-37(27,32)33/h1-3,9-11,13-14,17H,4-8,12H2,(H2,27,32,33)(H,28,29,30)/t14-,17?,24?/m1/s1. The molecule has 9 nitrogen and oxygen atoms in total. The van der Waals surface area contributed by atoms with Crippen molar-refractivity contribution in [2.24, 2.45) is 11.1 Å². The molecule has 0 amide bonds. The van der Waals surface area contributed by atoms with Crippen molar-refractivity contribution in [1.29, 1.82) is 0 Å². The minimum Gasteiger partial charge on any atom is -0.367 e.